The van der Waals surface area contributed by atoms with Crippen LogP contribution in [0.15, 0.2) is 128 Å². The van der Waals surface area contributed by atoms with Gasteiger partial charge >= 0.3 is 0 Å². The molecule has 0 aliphatic heterocycles. The fraction of sp³-hybridized carbons (Fsp3) is 0.0667. The van der Waals surface area contributed by atoms with Crippen LogP contribution in [0.5, 0.6) is 0 Å². The second kappa shape index (κ2) is 11.6. The van der Waals surface area contributed by atoms with Crippen LogP contribution in [0, 0.1) is 20.8 Å². The summed E-state index contributed by atoms with van der Waals surface area (Å²) >= 11 is 3.73. The van der Waals surface area contributed by atoms with Gasteiger partial charge in [0.15, 0.2) is 0 Å². The molecule has 0 radical (unpaired) electrons. The van der Waals surface area contributed by atoms with Crippen LogP contribution in [0.4, 0.5) is 0 Å². The van der Waals surface area contributed by atoms with E-state index in [1.54, 1.807) is 0 Å². The molecule has 5 aromatic carbocycles. The number of rotatable bonds is 5. The van der Waals surface area contributed by atoms with Gasteiger partial charge in [-0.2, -0.15) is 0 Å². The van der Waals surface area contributed by atoms with Crippen molar-refractivity contribution in [2.75, 3.05) is 0 Å². The van der Waals surface area contributed by atoms with Crippen LogP contribution in [0.25, 0.3) is 91.5 Å². The van der Waals surface area contributed by atoms with E-state index in [9.17, 15) is 0 Å². The fourth-order valence-corrected chi connectivity index (χ4v) is 9.70. The largest absolute Gasteiger partial charge is 0.251 e. The average Bonchev–Trinajstić information content (AvgIpc) is 3.67. The van der Waals surface area contributed by atoms with Gasteiger partial charge in [-0.3, -0.25) is 9.97 Å². The molecular formula is C45H32N2S2. The zero-order valence-corrected chi connectivity index (χ0v) is 29.2. The molecule has 0 saturated carbocycles. The predicted octanol–water partition coefficient (Wildman–Crippen LogP) is 13.5. The molecule has 2 nitrogen and oxygen atoms in total. The Kier molecular flexibility index (Phi) is 7.05. The van der Waals surface area contributed by atoms with E-state index in [1.807, 2.05) is 41.7 Å². The molecule has 9 rings (SSSR count). The van der Waals surface area contributed by atoms with Crippen molar-refractivity contribution >= 4 is 80.8 Å². The van der Waals surface area contributed by atoms with E-state index < -0.39 is 0 Å². The Morgan fingerprint density at radius 2 is 1.20 bits per heavy atom. The summed E-state index contributed by atoms with van der Waals surface area (Å²) in [7, 11) is 0. The molecule has 49 heavy (non-hydrogen) atoms. The van der Waals surface area contributed by atoms with E-state index in [0.29, 0.717) is 0 Å². The molecule has 4 aromatic heterocycles. The Morgan fingerprint density at radius 3 is 1.98 bits per heavy atom. The lowest BCUT2D eigenvalue weighted by Gasteiger charge is -2.15. The van der Waals surface area contributed by atoms with Crippen LogP contribution < -0.4 is 0 Å². The normalized spacial score (nSPS) is 12.0. The number of fused-ring (bicyclic) bond motifs is 7. The summed E-state index contributed by atoms with van der Waals surface area (Å²) in [5.74, 6) is 0. The number of thiophene rings is 2. The first-order chi connectivity index (χ1) is 24.0. The number of aromatic nitrogens is 2. The summed E-state index contributed by atoms with van der Waals surface area (Å²) in [4.78, 5) is 11.3. The Bertz CT molecular complexity index is 2830. The summed E-state index contributed by atoms with van der Waals surface area (Å²) in [6.45, 7) is 10.3. The molecule has 0 fully saturated rings. The van der Waals surface area contributed by atoms with Gasteiger partial charge in [-0.05, 0) is 108 Å². The number of benzene rings is 5. The lowest BCUT2D eigenvalue weighted by atomic mass is 9.90. The molecule has 0 bridgehead atoms. The van der Waals surface area contributed by atoms with Gasteiger partial charge in [-0.15, -0.1) is 22.7 Å². The summed E-state index contributed by atoms with van der Waals surface area (Å²) in [6.07, 6.45) is 6.04. The van der Waals surface area contributed by atoms with Crippen molar-refractivity contribution in [2.45, 2.75) is 20.8 Å². The molecule has 0 unspecified atom stereocenters. The highest BCUT2D eigenvalue weighted by Crippen LogP contribution is 2.45. The summed E-state index contributed by atoms with van der Waals surface area (Å²) in [6, 6.07) is 40.2. The third-order valence-electron chi connectivity index (χ3n) is 9.56. The third kappa shape index (κ3) is 4.90. The molecule has 0 N–H and O–H groups in total. The summed E-state index contributed by atoms with van der Waals surface area (Å²) < 4.78 is 3.93. The van der Waals surface area contributed by atoms with Crippen molar-refractivity contribution in [3.05, 3.63) is 150 Å². The van der Waals surface area contributed by atoms with Crippen LogP contribution >= 0.6 is 22.7 Å². The third-order valence-corrected chi connectivity index (χ3v) is 12.1. The minimum Gasteiger partial charge on any atom is -0.251 e. The van der Waals surface area contributed by atoms with Crippen LogP contribution in [-0.2, 0) is 0 Å². The number of pyridine rings is 2. The van der Waals surface area contributed by atoms with Crippen molar-refractivity contribution in [3.63, 3.8) is 0 Å². The molecule has 4 heteroatoms. The first-order valence-corrected chi connectivity index (χ1v) is 18.2. The maximum absolute atomic E-state index is 5.06. The first-order valence-electron chi connectivity index (χ1n) is 16.5. The molecule has 0 amide bonds. The summed E-state index contributed by atoms with van der Waals surface area (Å²) in [5.41, 5.74) is 12.4. The molecule has 0 saturated heterocycles. The molecule has 0 aliphatic carbocycles. The van der Waals surface area contributed by atoms with Crippen molar-refractivity contribution in [2.24, 2.45) is 0 Å². The topological polar surface area (TPSA) is 25.8 Å². The molecule has 0 atom stereocenters. The number of aryl methyl sites for hydroxylation is 3. The number of allylic oxidation sites excluding steroid dienone is 2. The van der Waals surface area contributed by atoms with Gasteiger partial charge in [-0.25, -0.2) is 0 Å². The van der Waals surface area contributed by atoms with E-state index in [2.05, 4.69) is 136 Å². The van der Waals surface area contributed by atoms with Crippen LogP contribution in [0.2, 0.25) is 0 Å². The summed E-state index contributed by atoms with van der Waals surface area (Å²) in [5, 5.41) is 6.13. The standard InChI is InChI=1S/C45H32N2S2/c1-5-6-16-40-28(4)33-12-9-13-34(44(33)48-40)30-23-31(35-14-10-15-38-36-11-7-8-17-41(36)49-45(35)38)25-32(24-30)39-22-27(3)47-43-37(39)21-20-29-19-18-26(2)46-42(29)43/h5-25H,1H2,2-4H3/b16-6-. The number of nitrogens with zero attached hydrogens (tertiary/aromatic N) is 2. The highest BCUT2D eigenvalue weighted by molar-refractivity contribution is 7.26. The molecular weight excluding hydrogens is 633 g/mol. The molecule has 9 aromatic rings. The molecule has 0 aliphatic rings. The Balaban J connectivity index is 1.36. The van der Waals surface area contributed by atoms with Gasteiger partial charge in [0, 0.05) is 51.9 Å². The lowest BCUT2D eigenvalue weighted by Crippen LogP contribution is -1.93. The van der Waals surface area contributed by atoms with Crippen LogP contribution in [0.1, 0.15) is 21.8 Å². The Labute approximate surface area is 293 Å². The smallest absolute Gasteiger partial charge is 0.0974 e. The van der Waals surface area contributed by atoms with Gasteiger partial charge < -0.3 is 0 Å². The van der Waals surface area contributed by atoms with Crippen molar-refractivity contribution in [3.8, 4) is 33.4 Å². The van der Waals surface area contributed by atoms with Crippen molar-refractivity contribution in [1.82, 2.24) is 9.97 Å². The van der Waals surface area contributed by atoms with Crippen LogP contribution in [0.3, 0.4) is 0 Å². The van der Waals surface area contributed by atoms with Gasteiger partial charge in [0.25, 0.3) is 0 Å². The minimum atomic E-state index is 0.949. The monoisotopic (exact) mass is 664 g/mol. The maximum atomic E-state index is 5.06. The predicted molar refractivity (Wildman–Crippen MR) is 215 cm³/mol. The number of hydrogen-bond acceptors (Lipinski definition) is 4. The van der Waals surface area contributed by atoms with Crippen molar-refractivity contribution < 1.29 is 0 Å². The maximum Gasteiger partial charge on any atom is 0.0974 e. The fourth-order valence-electron chi connectivity index (χ4n) is 7.21. The van der Waals surface area contributed by atoms with Gasteiger partial charge in [0.1, 0.15) is 0 Å². The second-order valence-electron chi connectivity index (χ2n) is 12.7. The van der Waals surface area contributed by atoms with E-state index in [-0.39, 0.29) is 0 Å². The number of hydrogen-bond donors (Lipinski definition) is 0. The van der Waals surface area contributed by atoms with E-state index in [0.717, 1.165) is 33.2 Å². The Hall–Kier alpha value is -5.42. The van der Waals surface area contributed by atoms with Gasteiger partial charge in [0.2, 0.25) is 0 Å². The van der Waals surface area contributed by atoms with Crippen LogP contribution in [-0.4, -0.2) is 9.97 Å². The zero-order valence-electron chi connectivity index (χ0n) is 27.5. The average molecular weight is 665 g/mol. The van der Waals surface area contributed by atoms with Gasteiger partial charge in [-0.1, -0.05) is 91.5 Å². The SMILES string of the molecule is C=C/C=C\c1sc2c(-c3cc(-c4cc(C)nc5c4ccc4ccc(C)nc45)cc(-c4cccc5c4sc4ccccc45)c3)cccc2c1C. The molecule has 0 spiro atoms. The highest BCUT2D eigenvalue weighted by Gasteiger charge is 2.18. The molecule has 234 valence electrons. The molecule has 4 heterocycles. The van der Waals surface area contributed by atoms with E-state index in [1.165, 1.54) is 74.1 Å². The first kappa shape index (κ1) is 29.7. The lowest BCUT2D eigenvalue weighted by molar-refractivity contribution is 1.23. The van der Waals surface area contributed by atoms with Gasteiger partial charge in [0.05, 0.1) is 11.0 Å². The van der Waals surface area contributed by atoms with E-state index in [4.69, 9.17) is 9.97 Å². The van der Waals surface area contributed by atoms with Crippen molar-refractivity contribution in [1.29, 1.82) is 0 Å². The van der Waals surface area contributed by atoms with E-state index >= 15 is 0 Å². The Morgan fingerprint density at radius 1 is 0.551 bits per heavy atom. The quantitative estimate of drug-likeness (QED) is 0.135. The zero-order chi connectivity index (χ0) is 33.2. The highest BCUT2D eigenvalue weighted by atomic mass is 32.1. The second-order valence-corrected chi connectivity index (χ2v) is 14.8. The minimum absolute atomic E-state index is 0.949.